The number of esters is 2. The van der Waals surface area contributed by atoms with E-state index < -0.39 is 29.6 Å². The zero-order chi connectivity index (χ0) is 27.4. The summed E-state index contributed by atoms with van der Waals surface area (Å²) in [5.41, 5.74) is 0.381. The lowest BCUT2D eigenvalue weighted by Gasteiger charge is -2.27. The maximum atomic E-state index is 13.0. The van der Waals surface area contributed by atoms with E-state index in [2.05, 4.69) is 27.7 Å². The first-order chi connectivity index (χ1) is 17.3. The summed E-state index contributed by atoms with van der Waals surface area (Å²) in [7, 11) is 0. The monoisotopic (exact) mass is 512 g/mol. The number of cyclic esters (lactones) is 1. The molecule has 1 atom stereocenters. The van der Waals surface area contributed by atoms with E-state index in [1.807, 2.05) is 37.3 Å². The summed E-state index contributed by atoms with van der Waals surface area (Å²) in [5.74, 6) is 1.50. The van der Waals surface area contributed by atoms with Crippen molar-refractivity contribution in [2.24, 2.45) is 23.2 Å². The van der Waals surface area contributed by atoms with Gasteiger partial charge in [-0.25, -0.2) is 4.79 Å². The topological polar surface area (TPSA) is 86.0 Å². The molecule has 1 aromatic heterocycles. The van der Waals surface area contributed by atoms with E-state index >= 15 is 0 Å². The van der Waals surface area contributed by atoms with Crippen LogP contribution in [0, 0.1) is 30.1 Å². The van der Waals surface area contributed by atoms with Gasteiger partial charge in [0.25, 0.3) is 0 Å². The molecule has 6 heteroatoms. The van der Waals surface area contributed by atoms with Gasteiger partial charge in [-0.05, 0) is 76.0 Å². The third kappa shape index (κ3) is 7.70. The van der Waals surface area contributed by atoms with Crippen LogP contribution in [-0.4, -0.2) is 35.9 Å². The van der Waals surface area contributed by atoms with Gasteiger partial charge in [-0.2, -0.15) is 0 Å². The molecule has 0 bridgehead atoms. The average Bonchev–Trinajstić information content (AvgIpc) is 3.34. The molecule has 0 saturated carbocycles. The SMILES string of the molecule is Cc1ccc2oc(CC(C)(C)C(=O)OC[C@]3(CO)C/C(=C\CC(CC(C)C)CC(C)C)C(=O)O3)cc2c1. The van der Waals surface area contributed by atoms with Gasteiger partial charge in [-0.1, -0.05) is 45.4 Å². The van der Waals surface area contributed by atoms with Crippen LogP contribution < -0.4 is 0 Å². The molecular formula is C31H44O6. The van der Waals surface area contributed by atoms with Crippen molar-refractivity contribution in [3.63, 3.8) is 0 Å². The molecule has 0 radical (unpaired) electrons. The summed E-state index contributed by atoms with van der Waals surface area (Å²) in [6.07, 6.45) is 5.55. The summed E-state index contributed by atoms with van der Waals surface area (Å²) in [4.78, 5) is 25.7. The minimum atomic E-state index is -1.24. The second-order valence-corrected chi connectivity index (χ2v) is 12.4. The van der Waals surface area contributed by atoms with Crippen molar-refractivity contribution in [2.75, 3.05) is 13.2 Å². The molecule has 1 aliphatic heterocycles. The van der Waals surface area contributed by atoms with E-state index in [9.17, 15) is 14.7 Å². The maximum Gasteiger partial charge on any atom is 0.334 e. The molecular weight excluding hydrogens is 468 g/mol. The molecule has 3 rings (SSSR count). The molecule has 2 aromatic rings. The fourth-order valence-corrected chi connectivity index (χ4v) is 5.22. The Kier molecular flexibility index (Phi) is 9.27. The quantitative estimate of drug-likeness (QED) is 0.256. The van der Waals surface area contributed by atoms with Gasteiger partial charge in [-0.15, -0.1) is 0 Å². The van der Waals surface area contributed by atoms with Crippen LogP contribution in [0.25, 0.3) is 11.0 Å². The summed E-state index contributed by atoms with van der Waals surface area (Å²) < 4.78 is 17.1. The Balaban J connectivity index is 1.62. The first-order valence-electron chi connectivity index (χ1n) is 13.5. The number of hydrogen-bond donors (Lipinski definition) is 1. The van der Waals surface area contributed by atoms with Gasteiger partial charge in [0, 0.05) is 23.8 Å². The number of carbonyl (C=O) groups is 2. The van der Waals surface area contributed by atoms with Gasteiger partial charge < -0.3 is 19.0 Å². The van der Waals surface area contributed by atoms with Crippen molar-refractivity contribution in [2.45, 2.75) is 86.2 Å². The van der Waals surface area contributed by atoms with Crippen LogP contribution in [-0.2, 0) is 25.5 Å². The fraction of sp³-hybridized carbons (Fsp3) is 0.613. The van der Waals surface area contributed by atoms with E-state index in [0.29, 0.717) is 35.5 Å². The number of ether oxygens (including phenoxy) is 2. The number of hydrogen-bond acceptors (Lipinski definition) is 6. The molecule has 37 heavy (non-hydrogen) atoms. The van der Waals surface area contributed by atoms with Gasteiger partial charge in [-0.3, -0.25) is 4.79 Å². The number of carbonyl (C=O) groups excluding carboxylic acids is 2. The van der Waals surface area contributed by atoms with Crippen molar-refractivity contribution < 1.29 is 28.6 Å². The number of aliphatic hydroxyl groups excluding tert-OH is 1. The van der Waals surface area contributed by atoms with E-state index in [0.717, 1.165) is 35.8 Å². The highest BCUT2D eigenvalue weighted by Crippen LogP contribution is 2.34. The molecule has 0 aliphatic carbocycles. The van der Waals surface area contributed by atoms with Gasteiger partial charge in [0.05, 0.1) is 12.0 Å². The van der Waals surface area contributed by atoms with Crippen molar-refractivity contribution in [3.8, 4) is 0 Å². The molecule has 204 valence electrons. The zero-order valence-electron chi connectivity index (χ0n) is 23.6. The Bertz CT molecular complexity index is 1110. The molecule has 1 aromatic carbocycles. The summed E-state index contributed by atoms with van der Waals surface area (Å²) in [6, 6.07) is 7.92. The fourth-order valence-electron chi connectivity index (χ4n) is 5.22. The second kappa shape index (κ2) is 11.8. The van der Waals surface area contributed by atoms with Crippen LogP contribution in [0.1, 0.15) is 78.5 Å². The van der Waals surface area contributed by atoms with Crippen molar-refractivity contribution >= 4 is 22.9 Å². The number of benzene rings is 1. The van der Waals surface area contributed by atoms with Gasteiger partial charge in [0.15, 0.2) is 5.60 Å². The van der Waals surface area contributed by atoms with Crippen LogP contribution >= 0.6 is 0 Å². The molecule has 1 saturated heterocycles. The predicted octanol–water partition coefficient (Wildman–Crippen LogP) is 6.56. The lowest BCUT2D eigenvalue weighted by molar-refractivity contribution is -0.172. The lowest BCUT2D eigenvalue weighted by Crippen LogP contribution is -2.41. The van der Waals surface area contributed by atoms with Gasteiger partial charge in [0.1, 0.15) is 18.0 Å². The third-order valence-corrected chi connectivity index (χ3v) is 7.04. The van der Waals surface area contributed by atoms with Crippen LogP contribution in [0.15, 0.2) is 40.3 Å². The minimum absolute atomic E-state index is 0.185. The third-order valence-electron chi connectivity index (χ3n) is 7.04. The Morgan fingerprint density at radius 3 is 2.46 bits per heavy atom. The molecule has 0 amide bonds. The highest BCUT2D eigenvalue weighted by molar-refractivity contribution is 5.91. The lowest BCUT2D eigenvalue weighted by atomic mass is 9.86. The van der Waals surface area contributed by atoms with Crippen LogP contribution in [0.4, 0.5) is 0 Å². The molecule has 1 N–H and O–H groups in total. The number of allylic oxidation sites excluding steroid dienone is 1. The number of aryl methyl sites for hydroxylation is 1. The van der Waals surface area contributed by atoms with Crippen LogP contribution in [0.2, 0.25) is 0 Å². The Hall–Kier alpha value is -2.60. The van der Waals surface area contributed by atoms with Crippen molar-refractivity contribution in [3.05, 3.63) is 47.2 Å². The molecule has 1 fully saturated rings. The van der Waals surface area contributed by atoms with E-state index in [1.165, 1.54) is 0 Å². The summed E-state index contributed by atoms with van der Waals surface area (Å²) in [6.45, 7) is 13.9. The standard InChI is InChI=1S/C31H44O6/c1-20(2)12-23(13-21(3)4)9-10-24-16-31(18-32,37-28(24)33)19-35-29(34)30(6,7)17-26-15-25-14-22(5)8-11-27(25)36-26/h8,10-11,14-15,20-21,23,32H,9,12-13,16-19H2,1-7H3/b24-10+/t31-/m1/s1. The smallest absolute Gasteiger partial charge is 0.334 e. The minimum Gasteiger partial charge on any atom is -0.461 e. The Morgan fingerprint density at radius 1 is 1.16 bits per heavy atom. The van der Waals surface area contributed by atoms with E-state index in [-0.39, 0.29) is 13.0 Å². The molecule has 2 heterocycles. The van der Waals surface area contributed by atoms with Crippen LogP contribution in [0.5, 0.6) is 0 Å². The van der Waals surface area contributed by atoms with E-state index in [1.54, 1.807) is 13.8 Å². The highest BCUT2D eigenvalue weighted by Gasteiger charge is 2.45. The number of furan rings is 1. The normalized spacial score (nSPS) is 19.5. The number of rotatable bonds is 12. The van der Waals surface area contributed by atoms with Crippen molar-refractivity contribution in [1.82, 2.24) is 0 Å². The molecule has 6 nitrogen and oxygen atoms in total. The predicted molar refractivity (Wildman–Crippen MR) is 145 cm³/mol. The van der Waals surface area contributed by atoms with E-state index in [4.69, 9.17) is 13.9 Å². The highest BCUT2D eigenvalue weighted by atomic mass is 16.6. The van der Waals surface area contributed by atoms with Gasteiger partial charge >= 0.3 is 11.9 Å². The summed E-state index contributed by atoms with van der Waals surface area (Å²) in [5, 5.41) is 11.1. The molecule has 0 unspecified atom stereocenters. The molecule has 0 spiro atoms. The van der Waals surface area contributed by atoms with Crippen LogP contribution in [0.3, 0.4) is 0 Å². The second-order valence-electron chi connectivity index (χ2n) is 12.4. The largest absolute Gasteiger partial charge is 0.461 e. The Labute approximate surface area is 221 Å². The van der Waals surface area contributed by atoms with Crippen molar-refractivity contribution in [1.29, 1.82) is 0 Å². The summed E-state index contributed by atoms with van der Waals surface area (Å²) >= 11 is 0. The van der Waals surface area contributed by atoms with Gasteiger partial charge in [0.2, 0.25) is 0 Å². The first-order valence-corrected chi connectivity index (χ1v) is 13.5. The maximum absolute atomic E-state index is 13.0. The molecule has 1 aliphatic rings. The first kappa shape index (κ1) is 29.0. The number of fused-ring (bicyclic) bond motifs is 1. The average molecular weight is 513 g/mol. The number of aliphatic hydroxyl groups is 1. The Morgan fingerprint density at radius 2 is 1.84 bits per heavy atom. The zero-order valence-corrected chi connectivity index (χ0v) is 23.6.